The van der Waals surface area contributed by atoms with Gasteiger partial charge >= 0.3 is 17.9 Å². The molecule has 0 aliphatic heterocycles. The minimum atomic E-state index is -0.787. The van der Waals surface area contributed by atoms with Crippen molar-refractivity contribution in [3.63, 3.8) is 0 Å². The molecule has 0 saturated carbocycles. The van der Waals surface area contributed by atoms with Gasteiger partial charge in [0.1, 0.15) is 13.2 Å². The quantitative estimate of drug-likeness (QED) is 0.0261. The Labute approximate surface area is 503 Å². The number of esters is 3. The number of hydrogen-bond acceptors (Lipinski definition) is 6. The van der Waals surface area contributed by atoms with E-state index in [-0.39, 0.29) is 31.1 Å². The lowest BCUT2D eigenvalue weighted by Gasteiger charge is -2.18. The molecule has 0 aromatic heterocycles. The molecular formula is C75H132O6. The van der Waals surface area contributed by atoms with Gasteiger partial charge in [-0.15, -0.1) is 0 Å². The van der Waals surface area contributed by atoms with Gasteiger partial charge in [-0.25, -0.2) is 0 Å². The second kappa shape index (κ2) is 69.1. The van der Waals surface area contributed by atoms with E-state index in [1.54, 1.807) is 0 Å². The third-order valence-electron chi connectivity index (χ3n) is 15.4. The number of hydrogen-bond donors (Lipinski definition) is 0. The predicted octanol–water partition coefficient (Wildman–Crippen LogP) is 24.2. The van der Waals surface area contributed by atoms with Gasteiger partial charge in [-0.3, -0.25) is 14.4 Å². The lowest BCUT2D eigenvalue weighted by atomic mass is 10.0. The molecule has 1 unspecified atom stereocenters. The maximum atomic E-state index is 12.9. The third-order valence-corrected chi connectivity index (χ3v) is 15.4. The maximum absolute atomic E-state index is 12.9. The Morgan fingerprint density at radius 2 is 0.481 bits per heavy atom. The summed E-state index contributed by atoms with van der Waals surface area (Å²) >= 11 is 0. The molecule has 6 heteroatoms. The summed E-state index contributed by atoms with van der Waals surface area (Å²) in [6.07, 6.45) is 91.8. The van der Waals surface area contributed by atoms with E-state index < -0.39 is 6.10 Å². The molecule has 0 spiro atoms. The van der Waals surface area contributed by atoms with Crippen molar-refractivity contribution in [1.29, 1.82) is 0 Å². The molecule has 0 saturated heterocycles. The van der Waals surface area contributed by atoms with Crippen LogP contribution in [0.4, 0.5) is 0 Å². The van der Waals surface area contributed by atoms with Gasteiger partial charge < -0.3 is 14.2 Å². The molecule has 0 aliphatic carbocycles. The highest BCUT2D eigenvalue weighted by Crippen LogP contribution is 2.17. The molecule has 0 fully saturated rings. The van der Waals surface area contributed by atoms with Gasteiger partial charge in [-0.05, 0) is 116 Å². The van der Waals surface area contributed by atoms with Gasteiger partial charge in [0.05, 0.1) is 0 Å². The average molecular weight is 1130 g/mol. The van der Waals surface area contributed by atoms with Gasteiger partial charge in [-0.1, -0.05) is 305 Å². The van der Waals surface area contributed by atoms with Crippen molar-refractivity contribution in [2.24, 2.45) is 0 Å². The Balaban J connectivity index is 4.23. The largest absolute Gasteiger partial charge is 0.462 e. The zero-order valence-electron chi connectivity index (χ0n) is 53.8. The zero-order chi connectivity index (χ0) is 58.5. The van der Waals surface area contributed by atoms with Gasteiger partial charge in [-0.2, -0.15) is 0 Å². The van der Waals surface area contributed by atoms with Crippen LogP contribution in [0.5, 0.6) is 0 Å². The van der Waals surface area contributed by atoms with Gasteiger partial charge in [0, 0.05) is 19.3 Å². The summed E-state index contributed by atoms with van der Waals surface area (Å²) in [7, 11) is 0. The second-order valence-corrected chi connectivity index (χ2v) is 23.4. The molecule has 1 atom stereocenters. The predicted molar refractivity (Wildman–Crippen MR) is 353 cm³/mol. The van der Waals surface area contributed by atoms with E-state index in [0.29, 0.717) is 19.3 Å². The van der Waals surface area contributed by atoms with Crippen LogP contribution in [0.3, 0.4) is 0 Å². The lowest BCUT2D eigenvalue weighted by Crippen LogP contribution is -2.30. The monoisotopic (exact) mass is 1130 g/mol. The van der Waals surface area contributed by atoms with Crippen LogP contribution in [-0.2, 0) is 28.6 Å². The first-order chi connectivity index (χ1) is 40.0. The van der Waals surface area contributed by atoms with Crippen LogP contribution < -0.4 is 0 Å². The first kappa shape index (κ1) is 77.6. The highest BCUT2D eigenvalue weighted by Gasteiger charge is 2.19. The number of allylic oxidation sites excluding steroid dienone is 14. The standard InChI is InChI=1S/C75H132O6/c1-4-7-10-13-16-19-22-25-28-31-32-33-34-35-36-37-38-39-40-41-42-43-44-45-48-50-53-56-59-62-65-68-74(77)80-71-72(81-75(78)69-66-63-60-57-54-51-47-30-27-24-21-18-15-12-9-6-3)70-79-73(76)67-64-61-58-55-52-49-46-29-26-23-20-17-14-11-8-5-2/h7,10,16,19,21,24-25,28-30,32-33,46-47,72H,4-6,8-9,11-15,17-18,20,22-23,26-27,31,34-45,48-71H2,1-3H3/b10-7-,19-16-,24-21-,28-25-,33-32-,46-29-,47-30-. The van der Waals surface area contributed by atoms with Crippen LogP contribution in [0.15, 0.2) is 85.1 Å². The van der Waals surface area contributed by atoms with E-state index in [1.807, 2.05) is 0 Å². The number of ether oxygens (including phenoxy) is 3. The van der Waals surface area contributed by atoms with Crippen molar-refractivity contribution in [3.05, 3.63) is 85.1 Å². The number of unbranched alkanes of at least 4 members (excludes halogenated alkanes) is 39. The van der Waals surface area contributed by atoms with Crippen molar-refractivity contribution < 1.29 is 28.6 Å². The summed E-state index contributed by atoms with van der Waals surface area (Å²) in [6.45, 7) is 6.53. The van der Waals surface area contributed by atoms with Crippen molar-refractivity contribution in [2.45, 2.75) is 361 Å². The SMILES string of the molecule is CC/C=C\C/C=C\C/C=C\C/C=C\CCCCCCCCCCCCCCCCCCCCC(=O)OCC(COC(=O)CCCCCCC/C=C\CCCCCCCCC)OC(=O)CCCCCCC/C=C\C/C=C\CCCCCC. The van der Waals surface area contributed by atoms with Crippen LogP contribution in [0, 0.1) is 0 Å². The molecule has 0 rings (SSSR count). The lowest BCUT2D eigenvalue weighted by molar-refractivity contribution is -0.167. The van der Waals surface area contributed by atoms with Crippen LogP contribution >= 0.6 is 0 Å². The topological polar surface area (TPSA) is 78.9 Å². The van der Waals surface area contributed by atoms with E-state index in [0.717, 1.165) is 116 Å². The molecule has 0 heterocycles. The Morgan fingerprint density at radius 1 is 0.259 bits per heavy atom. The fourth-order valence-electron chi connectivity index (χ4n) is 10.1. The third kappa shape index (κ3) is 67.3. The van der Waals surface area contributed by atoms with E-state index >= 15 is 0 Å². The van der Waals surface area contributed by atoms with E-state index in [9.17, 15) is 14.4 Å². The Bertz CT molecular complexity index is 1530. The Hall–Kier alpha value is -3.41. The second-order valence-electron chi connectivity index (χ2n) is 23.4. The van der Waals surface area contributed by atoms with Crippen molar-refractivity contribution >= 4 is 17.9 Å². The first-order valence-corrected chi connectivity index (χ1v) is 35.1. The molecule has 0 bridgehead atoms. The molecular weight excluding hydrogens is 997 g/mol. The fraction of sp³-hybridized carbons (Fsp3) is 0.773. The van der Waals surface area contributed by atoms with Crippen LogP contribution in [0.25, 0.3) is 0 Å². The smallest absolute Gasteiger partial charge is 0.306 e. The molecule has 0 N–H and O–H groups in total. The summed E-state index contributed by atoms with van der Waals surface area (Å²) < 4.78 is 17.0. The normalized spacial score (nSPS) is 12.6. The molecule has 0 aromatic rings. The fourth-order valence-corrected chi connectivity index (χ4v) is 10.1. The van der Waals surface area contributed by atoms with Gasteiger partial charge in [0.2, 0.25) is 0 Å². The summed E-state index contributed by atoms with van der Waals surface area (Å²) in [5.41, 5.74) is 0. The zero-order valence-corrected chi connectivity index (χ0v) is 53.8. The number of rotatable bonds is 64. The summed E-state index contributed by atoms with van der Waals surface area (Å²) in [6, 6.07) is 0. The maximum Gasteiger partial charge on any atom is 0.306 e. The van der Waals surface area contributed by atoms with Crippen LogP contribution in [-0.4, -0.2) is 37.2 Å². The highest BCUT2D eigenvalue weighted by molar-refractivity contribution is 5.71. The van der Waals surface area contributed by atoms with Crippen molar-refractivity contribution in [3.8, 4) is 0 Å². The summed E-state index contributed by atoms with van der Waals surface area (Å²) in [5.74, 6) is -0.885. The van der Waals surface area contributed by atoms with Crippen molar-refractivity contribution in [1.82, 2.24) is 0 Å². The minimum Gasteiger partial charge on any atom is -0.462 e. The molecule has 0 aromatic carbocycles. The molecule has 6 nitrogen and oxygen atoms in total. The number of carbonyl (C=O) groups excluding carboxylic acids is 3. The van der Waals surface area contributed by atoms with Crippen molar-refractivity contribution in [2.75, 3.05) is 13.2 Å². The molecule has 0 radical (unpaired) electrons. The molecule has 0 amide bonds. The summed E-state index contributed by atoms with van der Waals surface area (Å²) in [5, 5.41) is 0. The van der Waals surface area contributed by atoms with Crippen LogP contribution in [0.1, 0.15) is 355 Å². The first-order valence-electron chi connectivity index (χ1n) is 35.1. The van der Waals surface area contributed by atoms with Gasteiger partial charge in [0.25, 0.3) is 0 Å². The number of carbonyl (C=O) groups is 3. The molecule has 468 valence electrons. The Kier molecular flexibility index (Phi) is 66.2. The van der Waals surface area contributed by atoms with E-state index in [2.05, 4.69) is 106 Å². The van der Waals surface area contributed by atoms with Crippen LogP contribution in [0.2, 0.25) is 0 Å². The van der Waals surface area contributed by atoms with E-state index in [1.165, 1.54) is 199 Å². The molecule has 0 aliphatic rings. The molecule has 81 heavy (non-hydrogen) atoms. The summed E-state index contributed by atoms with van der Waals surface area (Å²) in [4.78, 5) is 38.4. The highest BCUT2D eigenvalue weighted by atomic mass is 16.6. The van der Waals surface area contributed by atoms with E-state index in [4.69, 9.17) is 14.2 Å². The van der Waals surface area contributed by atoms with Gasteiger partial charge in [0.15, 0.2) is 6.10 Å². The minimum absolute atomic E-state index is 0.0811. The average Bonchev–Trinajstić information content (AvgIpc) is 3.47. The Morgan fingerprint density at radius 3 is 0.778 bits per heavy atom.